The quantitative estimate of drug-likeness (QED) is 0.584. The van der Waals surface area contributed by atoms with Crippen LogP contribution in [0.15, 0.2) is 42.9 Å². The summed E-state index contributed by atoms with van der Waals surface area (Å²) in [6.07, 6.45) is 8.46. The molecule has 1 fully saturated rings. The molecule has 8 heteroatoms. The van der Waals surface area contributed by atoms with Crippen molar-refractivity contribution >= 4 is 22.8 Å². The average Bonchev–Trinajstić information content (AvgIpc) is 3.16. The maximum atomic E-state index is 12.8. The second-order valence-electron chi connectivity index (χ2n) is 8.68. The first-order valence-electron chi connectivity index (χ1n) is 11.4. The van der Waals surface area contributed by atoms with Crippen LogP contribution in [-0.4, -0.2) is 67.7 Å². The number of carbonyl (C=O) groups excluding carboxylic acids is 1. The van der Waals surface area contributed by atoms with E-state index < -0.39 is 5.60 Å². The minimum atomic E-state index is -0.948. The van der Waals surface area contributed by atoms with Crippen molar-refractivity contribution in [3.8, 4) is 0 Å². The summed E-state index contributed by atoms with van der Waals surface area (Å²) in [7, 11) is 1.78. The van der Waals surface area contributed by atoms with Gasteiger partial charge in [-0.2, -0.15) is 0 Å². The Morgan fingerprint density at radius 1 is 1.28 bits per heavy atom. The van der Waals surface area contributed by atoms with E-state index in [1.165, 1.54) is 0 Å². The zero-order chi connectivity index (χ0) is 22.6. The Morgan fingerprint density at radius 3 is 2.91 bits per heavy atom. The number of benzene rings is 1. The largest absolute Gasteiger partial charge is 0.386 e. The van der Waals surface area contributed by atoms with Crippen LogP contribution in [0.5, 0.6) is 0 Å². The van der Waals surface area contributed by atoms with Gasteiger partial charge in [-0.05, 0) is 38.3 Å². The molecule has 32 heavy (non-hydrogen) atoms. The highest BCUT2D eigenvalue weighted by Gasteiger charge is 2.35. The number of aryl methyl sites for hydroxylation is 2. The molecule has 1 aliphatic heterocycles. The molecule has 1 aliphatic rings. The first-order chi connectivity index (χ1) is 15.5. The van der Waals surface area contributed by atoms with Crippen molar-refractivity contribution in [3.05, 3.63) is 48.7 Å². The number of imidazole rings is 1. The van der Waals surface area contributed by atoms with E-state index in [0.29, 0.717) is 25.9 Å². The van der Waals surface area contributed by atoms with E-state index in [2.05, 4.69) is 27.5 Å². The Balaban J connectivity index is 1.31. The lowest BCUT2D eigenvalue weighted by molar-refractivity contribution is -0.133. The van der Waals surface area contributed by atoms with Crippen molar-refractivity contribution in [2.24, 2.45) is 0 Å². The molecule has 2 aromatic heterocycles. The number of amides is 1. The number of aliphatic hydroxyl groups is 1. The summed E-state index contributed by atoms with van der Waals surface area (Å²) < 4.78 is 2.22. The normalized spacial score (nSPS) is 18.8. The van der Waals surface area contributed by atoms with Gasteiger partial charge in [0.25, 0.3) is 0 Å². The lowest BCUT2D eigenvalue weighted by atomic mass is 9.92. The maximum Gasteiger partial charge on any atom is 0.222 e. The molecule has 0 bridgehead atoms. The monoisotopic (exact) mass is 436 g/mol. The van der Waals surface area contributed by atoms with E-state index in [1.807, 2.05) is 23.1 Å². The number of para-hydroxylation sites is 2. The molecule has 1 amide bonds. The van der Waals surface area contributed by atoms with Crippen LogP contribution >= 0.6 is 0 Å². The van der Waals surface area contributed by atoms with E-state index in [0.717, 1.165) is 55.0 Å². The third-order valence-electron chi connectivity index (χ3n) is 6.23. The van der Waals surface area contributed by atoms with E-state index in [9.17, 15) is 9.90 Å². The number of hydrogen-bond acceptors (Lipinski definition) is 6. The topological polar surface area (TPSA) is 87.4 Å². The van der Waals surface area contributed by atoms with Gasteiger partial charge in [0.1, 0.15) is 11.6 Å². The highest BCUT2D eigenvalue weighted by Crippen LogP contribution is 2.25. The number of likely N-dealkylation sites (N-methyl/N-ethyl adjacent to an activating group) is 1. The SMILES string of the molecule is CCn1c(CCCC(=O)N(C)CC2(O)CCCN(c3cnccn3)C2)nc2ccccc21. The van der Waals surface area contributed by atoms with Crippen molar-refractivity contribution in [2.45, 2.75) is 51.2 Å². The molecule has 1 aromatic carbocycles. The Hall–Kier alpha value is -3.00. The molecule has 8 nitrogen and oxygen atoms in total. The second kappa shape index (κ2) is 9.65. The van der Waals surface area contributed by atoms with Gasteiger partial charge in [-0.3, -0.25) is 9.78 Å². The van der Waals surface area contributed by atoms with Crippen molar-refractivity contribution < 1.29 is 9.90 Å². The Kier molecular flexibility index (Phi) is 6.69. The fourth-order valence-corrected chi connectivity index (χ4v) is 4.68. The minimum absolute atomic E-state index is 0.0502. The van der Waals surface area contributed by atoms with Crippen LogP contribution in [0.4, 0.5) is 5.82 Å². The van der Waals surface area contributed by atoms with E-state index in [-0.39, 0.29) is 5.91 Å². The number of hydrogen-bond donors (Lipinski definition) is 1. The zero-order valence-corrected chi connectivity index (χ0v) is 18.9. The Morgan fingerprint density at radius 2 is 2.12 bits per heavy atom. The standard InChI is InChI=1S/C24H32N6O2/c1-3-30-20-9-5-4-8-19(20)27-21(30)10-6-11-23(31)28(2)17-24(32)12-7-15-29(18-24)22-16-25-13-14-26-22/h4-5,8-9,13-14,16,32H,3,6-7,10-12,15,17-18H2,1-2H3. The number of piperidine rings is 1. The van der Waals surface area contributed by atoms with E-state index >= 15 is 0 Å². The number of rotatable bonds is 8. The van der Waals surface area contributed by atoms with E-state index in [1.54, 1.807) is 30.5 Å². The molecule has 3 aromatic rings. The number of fused-ring (bicyclic) bond motifs is 1. The number of β-amino-alcohol motifs (C(OH)–C–C–N with tert-alkyl or cyclic N) is 1. The summed E-state index contributed by atoms with van der Waals surface area (Å²) in [5.74, 6) is 1.84. The summed E-state index contributed by atoms with van der Waals surface area (Å²) in [6, 6.07) is 8.14. The molecule has 0 saturated carbocycles. The molecule has 4 rings (SSSR count). The molecular formula is C24H32N6O2. The fraction of sp³-hybridized carbons (Fsp3) is 0.500. The smallest absolute Gasteiger partial charge is 0.222 e. The van der Waals surface area contributed by atoms with Gasteiger partial charge >= 0.3 is 0 Å². The van der Waals surface area contributed by atoms with Crippen molar-refractivity contribution in [2.75, 3.05) is 31.6 Å². The van der Waals surface area contributed by atoms with Crippen LogP contribution in [0.25, 0.3) is 11.0 Å². The number of nitrogens with zero attached hydrogens (tertiary/aromatic N) is 6. The van der Waals surface area contributed by atoms with Crippen LogP contribution in [-0.2, 0) is 17.8 Å². The third kappa shape index (κ3) is 4.91. The molecular weight excluding hydrogens is 404 g/mol. The van der Waals surface area contributed by atoms with Crippen molar-refractivity contribution in [3.63, 3.8) is 0 Å². The second-order valence-corrected chi connectivity index (χ2v) is 8.68. The molecule has 0 aliphatic carbocycles. The van der Waals surface area contributed by atoms with E-state index in [4.69, 9.17) is 4.98 Å². The summed E-state index contributed by atoms with van der Waals surface area (Å²) in [4.78, 5) is 29.7. The van der Waals surface area contributed by atoms with Crippen LogP contribution in [0.3, 0.4) is 0 Å². The lowest BCUT2D eigenvalue weighted by Crippen LogP contribution is -2.54. The molecule has 170 valence electrons. The number of anilines is 1. The van der Waals surface area contributed by atoms with Crippen LogP contribution in [0, 0.1) is 0 Å². The number of carbonyl (C=O) groups is 1. The van der Waals surface area contributed by atoms with Gasteiger partial charge in [-0.15, -0.1) is 0 Å². The lowest BCUT2D eigenvalue weighted by Gasteiger charge is -2.41. The predicted molar refractivity (Wildman–Crippen MR) is 124 cm³/mol. The summed E-state index contributed by atoms with van der Waals surface area (Å²) in [5, 5.41) is 11.2. The molecule has 1 N–H and O–H groups in total. The molecule has 1 unspecified atom stereocenters. The van der Waals surface area contributed by atoms with Crippen molar-refractivity contribution in [1.29, 1.82) is 0 Å². The fourth-order valence-electron chi connectivity index (χ4n) is 4.68. The van der Waals surface area contributed by atoms with Crippen molar-refractivity contribution in [1.82, 2.24) is 24.4 Å². The zero-order valence-electron chi connectivity index (χ0n) is 18.9. The van der Waals surface area contributed by atoms with Crippen LogP contribution in [0.1, 0.15) is 38.4 Å². The molecule has 3 heterocycles. The van der Waals surface area contributed by atoms with Gasteiger partial charge in [0.15, 0.2) is 0 Å². The third-order valence-corrected chi connectivity index (χ3v) is 6.23. The summed E-state index contributed by atoms with van der Waals surface area (Å²) >= 11 is 0. The molecule has 0 spiro atoms. The summed E-state index contributed by atoms with van der Waals surface area (Å²) in [6.45, 7) is 4.57. The number of aromatic nitrogens is 4. The summed E-state index contributed by atoms with van der Waals surface area (Å²) in [5.41, 5.74) is 1.19. The Labute approximate surface area is 188 Å². The highest BCUT2D eigenvalue weighted by atomic mass is 16.3. The first kappa shape index (κ1) is 22.2. The highest BCUT2D eigenvalue weighted by molar-refractivity contribution is 5.76. The van der Waals surface area contributed by atoms with Gasteiger partial charge in [0.2, 0.25) is 5.91 Å². The molecule has 0 radical (unpaired) electrons. The average molecular weight is 437 g/mol. The Bertz CT molecular complexity index is 1050. The first-order valence-corrected chi connectivity index (χ1v) is 11.4. The van der Waals surface area contributed by atoms with Gasteiger partial charge in [-0.1, -0.05) is 12.1 Å². The minimum Gasteiger partial charge on any atom is -0.386 e. The van der Waals surface area contributed by atoms with Crippen LogP contribution < -0.4 is 4.90 Å². The predicted octanol–water partition coefficient (Wildman–Crippen LogP) is 2.66. The maximum absolute atomic E-state index is 12.8. The van der Waals surface area contributed by atoms with Crippen LogP contribution in [0.2, 0.25) is 0 Å². The van der Waals surface area contributed by atoms with Gasteiger partial charge in [-0.25, -0.2) is 9.97 Å². The van der Waals surface area contributed by atoms with Gasteiger partial charge in [0.05, 0.1) is 29.4 Å². The molecule has 1 atom stereocenters. The van der Waals surface area contributed by atoms with Gasteiger partial charge < -0.3 is 19.5 Å². The molecule has 1 saturated heterocycles. The van der Waals surface area contributed by atoms with Gasteiger partial charge in [0, 0.05) is 51.9 Å².